The van der Waals surface area contributed by atoms with Crippen molar-refractivity contribution < 1.29 is 36.9 Å². The first kappa shape index (κ1) is 34.4. The molecule has 0 unspecified atom stereocenters. The lowest BCUT2D eigenvalue weighted by molar-refractivity contribution is -0.117. The van der Waals surface area contributed by atoms with Crippen molar-refractivity contribution in [3.8, 4) is 0 Å². The molecule has 0 aliphatic carbocycles. The number of aromatic nitrogens is 1. The SMILES string of the molecule is CCOP(=O)(OCC)OCCCCCCOC(=O)Nc1cc2ccccc2c(N(NCc2cccc(F)c2Cl)C(C)=O)n1. The van der Waals surface area contributed by atoms with Crippen LogP contribution in [0.15, 0.2) is 48.5 Å². The highest BCUT2D eigenvalue weighted by molar-refractivity contribution is 7.48. The molecule has 43 heavy (non-hydrogen) atoms. The van der Waals surface area contributed by atoms with Crippen LogP contribution in [-0.2, 0) is 34.2 Å². The van der Waals surface area contributed by atoms with Gasteiger partial charge in [-0.25, -0.2) is 29.2 Å². The Labute approximate surface area is 255 Å². The molecule has 0 atom stereocenters. The summed E-state index contributed by atoms with van der Waals surface area (Å²) in [5, 5.41) is 5.18. The number of fused-ring (bicyclic) bond motifs is 1. The Balaban J connectivity index is 1.55. The van der Waals surface area contributed by atoms with Crippen molar-refractivity contribution in [1.82, 2.24) is 10.4 Å². The number of halogens is 2. The van der Waals surface area contributed by atoms with Gasteiger partial charge >= 0.3 is 13.9 Å². The van der Waals surface area contributed by atoms with Gasteiger partial charge in [-0.05, 0) is 56.2 Å². The Morgan fingerprint density at radius 1 is 0.977 bits per heavy atom. The number of hydrogen-bond donors (Lipinski definition) is 2. The number of ether oxygens (including phenoxy) is 1. The maximum Gasteiger partial charge on any atom is 0.474 e. The van der Waals surface area contributed by atoms with Crippen LogP contribution in [0.2, 0.25) is 5.02 Å². The number of hydrogen-bond acceptors (Lipinski definition) is 9. The van der Waals surface area contributed by atoms with E-state index in [1.54, 1.807) is 38.1 Å². The smallest absolute Gasteiger partial charge is 0.449 e. The van der Waals surface area contributed by atoms with Gasteiger partial charge in [0.2, 0.25) is 5.91 Å². The molecular formula is C29H37ClFN4O7P. The monoisotopic (exact) mass is 638 g/mol. The third kappa shape index (κ3) is 10.5. The largest absolute Gasteiger partial charge is 0.474 e. The van der Waals surface area contributed by atoms with Gasteiger partial charge in [0, 0.05) is 18.9 Å². The predicted molar refractivity (Wildman–Crippen MR) is 163 cm³/mol. The van der Waals surface area contributed by atoms with E-state index < -0.39 is 19.7 Å². The number of phosphoric acid groups is 1. The zero-order valence-corrected chi connectivity index (χ0v) is 26.1. The van der Waals surface area contributed by atoms with E-state index in [2.05, 4.69) is 15.7 Å². The molecule has 0 fully saturated rings. The number of carbonyl (C=O) groups is 2. The molecule has 2 aromatic carbocycles. The average molecular weight is 639 g/mol. The van der Waals surface area contributed by atoms with E-state index in [9.17, 15) is 18.5 Å². The molecule has 3 rings (SSSR count). The summed E-state index contributed by atoms with van der Waals surface area (Å²) in [7, 11) is -3.51. The summed E-state index contributed by atoms with van der Waals surface area (Å²) in [4.78, 5) is 29.7. The molecule has 2 N–H and O–H groups in total. The highest BCUT2D eigenvalue weighted by Crippen LogP contribution is 2.49. The fourth-order valence-corrected chi connectivity index (χ4v) is 5.47. The van der Waals surface area contributed by atoms with Crippen molar-refractivity contribution in [2.45, 2.75) is 53.0 Å². The molecule has 0 saturated carbocycles. The van der Waals surface area contributed by atoms with Crippen LogP contribution in [0.25, 0.3) is 10.8 Å². The minimum Gasteiger partial charge on any atom is -0.449 e. The molecule has 0 radical (unpaired) electrons. The predicted octanol–water partition coefficient (Wildman–Crippen LogP) is 7.39. The molecule has 0 aliphatic heterocycles. The molecule has 3 aromatic rings. The van der Waals surface area contributed by atoms with Crippen molar-refractivity contribution in [3.63, 3.8) is 0 Å². The van der Waals surface area contributed by atoms with E-state index in [-0.39, 0.29) is 55.5 Å². The highest BCUT2D eigenvalue weighted by atomic mass is 35.5. The first-order chi connectivity index (χ1) is 20.7. The molecule has 2 amide bonds. The van der Waals surface area contributed by atoms with Gasteiger partial charge in [-0.1, -0.05) is 54.4 Å². The Bertz CT molecular complexity index is 1420. The highest BCUT2D eigenvalue weighted by Gasteiger charge is 2.24. The van der Waals surface area contributed by atoms with Crippen molar-refractivity contribution in [2.24, 2.45) is 0 Å². The summed E-state index contributed by atoms with van der Waals surface area (Å²) in [6.45, 7) is 5.70. The molecule has 11 nitrogen and oxygen atoms in total. The van der Waals surface area contributed by atoms with Crippen molar-refractivity contribution in [2.75, 3.05) is 36.8 Å². The summed E-state index contributed by atoms with van der Waals surface area (Å²) in [5.41, 5.74) is 3.42. The number of unbranched alkanes of at least 4 members (excludes halogenated alkanes) is 3. The first-order valence-electron chi connectivity index (χ1n) is 14.0. The molecule has 0 saturated heterocycles. The molecule has 0 aliphatic rings. The Morgan fingerprint density at radius 2 is 1.67 bits per heavy atom. The molecule has 0 spiro atoms. The van der Waals surface area contributed by atoms with E-state index in [0.29, 0.717) is 23.8 Å². The minimum atomic E-state index is -3.51. The number of pyridine rings is 1. The summed E-state index contributed by atoms with van der Waals surface area (Å²) in [6, 6.07) is 13.3. The fraction of sp³-hybridized carbons (Fsp3) is 0.414. The fourth-order valence-electron chi connectivity index (χ4n) is 4.07. The van der Waals surface area contributed by atoms with E-state index in [0.717, 1.165) is 18.2 Å². The lowest BCUT2D eigenvalue weighted by atomic mass is 10.1. The summed E-state index contributed by atoms with van der Waals surface area (Å²) in [6.07, 6.45) is 2.10. The van der Waals surface area contributed by atoms with Gasteiger partial charge in [-0.15, -0.1) is 0 Å². The van der Waals surface area contributed by atoms with Crippen LogP contribution in [0.4, 0.5) is 20.8 Å². The summed E-state index contributed by atoms with van der Waals surface area (Å²) >= 11 is 6.08. The van der Waals surface area contributed by atoms with E-state index in [1.807, 2.05) is 12.1 Å². The van der Waals surface area contributed by atoms with Gasteiger partial charge in [0.05, 0.1) is 31.5 Å². The number of anilines is 2. The third-order valence-electron chi connectivity index (χ3n) is 6.03. The number of nitrogens with zero attached hydrogens (tertiary/aromatic N) is 2. The molecule has 0 bridgehead atoms. The van der Waals surface area contributed by atoms with Crippen molar-refractivity contribution in [1.29, 1.82) is 0 Å². The third-order valence-corrected chi connectivity index (χ3v) is 8.10. The van der Waals surface area contributed by atoms with Gasteiger partial charge in [0.1, 0.15) is 11.6 Å². The van der Waals surface area contributed by atoms with Crippen LogP contribution < -0.4 is 15.8 Å². The average Bonchev–Trinajstić information content (AvgIpc) is 2.96. The van der Waals surface area contributed by atoms with Crippen LogP contribution in [0.5, 0.6) is 0 Å². The van der Waals surface area contributed by atoms with Crippen molar-refractivity contribution in [3.05, 3.63) is 64.9 Å². The van der Waals surface area contributed by atoms with Crippen LogP contribution >= 0.6 is 19.4 Å². The zero-order chi connectivity index (χ0) is 31.2. The number of nitrogens with one attached hydrogen (secondary N) is 2. The van der Waals surface area contributed by atoms with E-state index >= 15 is 0 Å². The summed E-state index contributed by atoms with van der Waals surface area (Å²) in [5.74, 6) is -0.521. The van der Waals surface area contributed by atoms with Gasteiger partial charge < -0.3 is 4.74 Å². The molecule has 234 valence electrons. The number of rotatable bonds is 17. The lowest BCUT2D eigenvalue weighted by Gasteiger charge is -2.23. The van der Waals surface area contributed by atoms with E-state index in [1.165, 1.54) is 24.1 Å². The quantitative estimate of drug-likeness (QED) is 0.0883. The van der Waals surface area contributed by atoms with Crippen LogP contribution in [0.1, 0.15) is 52.0 Å². The minimum absolute atomic E-state index is 0.0446. The van der Waals surface area contributed by atoms with Crippen LogP contribution in [-0.4, -0.2) is 43.4 Å². The lowest BCUT2D eigenvalue weighted by Crippen LogP contribution is -2.42. The van der Waals surface area contributed by atoms with Crippen molar-refractivity contribution >= 4 is 53.8 Å². The maximum atomic E-state index is 13.9. The number of hydrazine groups is 1. The zero-order valence-electron chi connectivity index (χ0n) is 24.4. The number of phosphoric ester groups is 1. The molecule has 14 heteroatoms. The number of carbonyl (C=O) groups excluding carboxylic acids is 2. The van der Waals surface area contributed by atoms with Gasteiger partial charge in [-0.2, -0.15) is 0 Å². The second-order valence-electron chi connectivity index (χ2n) is 9.25. The normalized spacial score (nSPS) is 11.5. The van der Waals surface area contributed by atoms with Gasteiger partial charge in [-0.3, -0.25) is 23.7 Å². The summed E-state index contributed by atoms with van der Waals surface area (Å²) < 4.78 is 47.0. The molecule has 1 heterocycles. The Hall–Kier alpha value is -3.12. The topological polar surface area (TPSA) is 128 Å². The Kier molecular flexibility index (Phi) is 13.8. The van der Waals surface area contributed by atoms with Gasteiger partial charge in [0.25, 0.3) is 0 Å². The molecule has 1 aromatic heterocycles. The molecular weight excluding hydrogens is 602 g/mol. The number of amides is 2. The van der Waals surface area contributed by atoms with Crippen LogP contribution in [0, 0.1) is 5.82 Å². The Morgan fingerprint density at radius 3 is 2.37 bits per heavy atom. The second kappa shape index (κ2) is 17.2. The van der Waals surface area contributed by atoms with Crippen LogP contribution in [0.3, 0.4) is 0 Å². The second-order valence-corrected chi connectivity index (χ2v) is 11.3. The van der Waals surface area contributed by atoms with Gasteiger partial charge in [0.15, 0.2) is 5.82 Å². The first-order valence-corrected chi connectivity index (χ1v) is 15.9. The standard InChI is InChI=1S/C29H37ClFN4O7P/c1-4-40-43(38,41-5-2)42-18-11-7-6-10-17-39-29(37)34-26-19-22-13-8-9-15-24(22)28(33-26)35(21(3)36)32-20-23-14-12-16-25(31)27(23)30/h8-9,12-16,19,32H,4-7,10-11,17-18,20H2,1-3H3,(H,33,34,37). The maximum absolute atomic E-state index is 13.9. The number of benzene rings is 2. The van der Waals surface area contributed by atoms with E-state index in [4.69, 9.17) is 29.9 Å².